The van der Waals surface area contributed by atoms with Gasteiger partial charge in [-0.25, -0.2) is 9.13 Å². The van der Waals surface area contributed by atoms with Crippen LogP contribution in [0.25, 0.3) is 39.1 Å². The summed E-state index contributed by atoms with van der Waals surface area (Å²) in [5.41, 5.74) is 7.77. The molecular formula is C23H18N3+. The molecule has 0 unspecified atom stereocenters. The molecule has 3 heteroatoms. The van der Waals surface area contributed by atoms with Crippen molar-refractivity contribution in [3.8, 4) is 17.1 Å². The van der Waals surface area contributed by atoms with E-state index >= 15 is 0 Å². The van der Waals surface area contributed by atoms with Gasteiger partial charge in [-0.1, -0.05) is 48.5 Å². The highest BCUT2D eigenvalue weighted by Gasteiger charge is 2.36. The minimum absolute atomic E-state index is 0.923. The molecule has 0 bridgehead atoms. The molecule has 2 aromatic heterocycles. The third-order valence-electron chi connectivity index (χ3n) is 5.60. The lowest BCUT2D eigenvalue weighted by atomic mass is 10.1. The summed E-state index contributed by atoms with van der Waals surface area (Å²) >= 11 is 0. The summed E-state index contributed by atoms with van der Waals surface area (Å²) in [7, 11) is 2.18. The molecule has 0 fully saturated rings. The molecule has 3 aromatic carbocycles. The number of para-hydroxylation sites is 2. The second-order valence-electron chi connectivity index (χ2n) is 6.99. The Hall–Kier alpha value is -3.33. The minimum atomic E-state index is 0.923. The van der Waals surface area contributed by atoms with Crippen LogP contribution in [0.1, 0.15) is 5.56 Å². The van der Waals surface area contributed by atoms with E-state index in [1.807, 2.05) is 0 Å². The summed E-state index contributed by atoms with van der Waals surface area (Å²) in [6, 6.07) is 28.2. The predicted octanol–water partition coefficient (Wildman–Crippen LogP) is 4.44. The smallest absolute Gasteiger partial charge is 0.259 e. The molecule has 0 amide bonds. The number of aromatic nitrogens is 3. The van der Waals surface area contributed by atoms with Gasteiger partial charge in [0.05, 0.1) is 24.5 Å². The van der Waals surface area contributed by atoms with Gasteiger partial charge >= 0.3 is 0 Å². The summed E-state index contributed by atoms with van der Waals surface area (Å²) in [4.78, 5) is 0. The van der Waals surface area contributed by atoms with Crippen molar-refractivity contribution in [2.75, 3.05) is 0 Å². The average molecular weight is 336 g/mol. The van der Waals surface area contributed by atoms with Crippen molar-refractivity contribution >= 4 is 22.1 Å². The van der Waals surface area contributed by atoms with E-state index < -0.39 is 0 Å². The first-order chi connectivity index (χ1) is 12.8. The second-order valence-corrected chi connectivity index (χ2v) is 6.99. The highest BCUT2D eigenvalue weighted by molar-refractivity contribution is 6.05. The molecule has 0 spiro atoms. The van der Waals surface area contributed by atoms with E-state index in [1.165, 1.54) is 44.7 Å². The molecule has 0 aliphatic carbocycles. The molecule has 0 atom stereocenters. The van der Waals surface area contributed by atoms with Gasteiger partial charge < -0.3 is 0 Å². The van der Waals surface area contributed by atoms with Crippen LogP contribution in [-0.4, -0.2) is 9.13 Å². The molecular weight excluding hydrogens is 318 g/mol. The van der Waals surface area contributed by atoms with Crippen molar-refractivity contribution in [3.05, 3.63) is 84.4 Å². The van der Waals surface area contributed by atoms with Gasteiger partial charge in [-0.2, -0.15) is 0 Å². The zero-order valence-electron chi connectivity index (χ0n) is 14.6. The Morgan fingerprint density at radius 2 is 1.54 bits per heavy atom. The average Bonchev–Trinajstić information content (AvgIpc) is 3.31. The highest BCUT2D eigenvalue weighted by atomic mass is 15.3. The minimum Gasteiger partial charge on any atom is -0.259 e. The standard InChI is InChI=1S/C23H18N3/c1-24-20-14-8-7-13-19(20)21-23(24)25-15-16-9-5-6-12-18(16)22(25)26(21)17-10-3-2-4-11-17/h2-14H,15H2,1H3/q+1. The first kappa shape index (κ1) is 13.9. The molecule has 6 rings (SSSR count). The number of imidazole rings is 1. The van der Waals surface area contributed by atoms with E-state index in [2.05, 4.69) is 99.6 Å². The van der Waals surface area contributed by atoms with E-state index in [0.717, 1.165) is 6.54 Å². The van der Waals surface area contributed by atoms with Crippen LogP contribution in [0, 0.1) is 0 Å². The fourth-order valence-corrected chi connectivity index (χ4v) is 4.51. The van der Waals surface area contributed by atoms with Crippen LogP contribution >= 0.6 is 0 Å². The first-order valence-electron chi connectivity index (χ1n) is 9.00. The van der Waals surface area contributed by atoms with Gasteiger partial charge in [-0.3, -0.25) is 4.57 Å². The van der Waals surface area contributed by atoms with Crippen LogP contribution in [0.4, 0.5) is 0 Å². The summed E-state index contributed by atoms with van der Waals surface area (Å²) in [5, 5.41) is 1.30. The van der Waals surface area contributed by atoms with Crippen LogP contribution < -0.4 is 4.57 Å². The van der Waals surface area contributed by atoms with Crippen LogP contribution in [0.2, 0.25) is 0 Å². The number of aryl methyl sites for hydroxylation is 1. The number of hydrogen-bond donors (Lipinski definition) is 0. The Morgan fingerprint density at radius 1 is 0.808 bits per heavy atom. The maximum atomic E-state index is 2.47. The molecule has 1 aliphatic heterocycles. The van der Waals surface area contributed by atoms with E-state index in [4.69, 9.17) is 0 Å². The van der Waals surface area contributed by atoms with Gasteiger partial charge in [0.1, 0.15) is 11.2 Å². The molecule has 0 radical (unpaired) electrons. The quantitative estimate of drug-likeness (QED) is 0.394. The lowest BCUT2D eigenvalue weighted by Gasteiger charge is -2.04. The zero-order valence-corrected chi connectivity index (χ0v) is 14.6. The van der Waals surface area contributed by atoms with Crippen LogP contribution in [0.5, 0.6) is 0 Å². The second kappa shape index (κ2) is 4.85. The normalized spacial score (nSPS) is 12.7. The first-order valence-corrected chi connectivity index (χ1v) is 9.00. The van der Waals surface area contributed by atoms with E-state index in [9.17, 15) is 0 Å². The number of rotatable bonds is 1. The summed E-state index contributed by atoms with van der Waals surface area (Å²) in [5.74, 6) is 1.28. The van der Waals surface area contributed by atoms with Crippen molar-refractivity contribution in [1.29, 1.82) is 0 Å². The Kier molecular flexibility index (Phi) is 2.60. The lowest BCUT2D eigenvalue weighted by molar-refractivity contribution is -0.648. The molecule has 5 aromatic rings. The van der Waals surface area contributed by atoms with Crippen LogP contribution in [0.15, 0.2) is 78.9 Å². The topological polar surface area (TPSA) is 13.7 Å². The van der Waals surface area contributed by atoms with Gasteiger partial charge in [-0.15, -0.1) is 0 Å². The van der Waals surface area contributed by atoms with Gasteiger partial charge in [-0.05, 0) is 30.3 Å². The van der Waals surface area contributed by atoms with Gasteiger partial charge in [0.2, 0.25) is 5.82 Å². The molecule has 26 heavy (non-hydrogen) atoms. The fourth-order valence-electron chi connectivity index (χ4n) is 4.51. The van der Waals surface area contributed by atoms with Crippen molar-refractivity contribution in [2.24, 2.45) is 7.05 Å². The monoisotopic (exact) mass is 336 g/mol. The molecule has 124 valence electrons. The maximum absolute atomic E-state index is 2.47. The zero-order chi connectivity index (χ0) is 17.3. The fraction of sp³-hybridized carbons (Fsp3) is 0.0870. The van der Waals surface area contributed by atoms with Crippen LogP contribution in [-0.2, 0) is 13.6 Å². The summed E-state index contributed by atoms with van der Waals surface area (Å²) in [6.07, 6.45) is 0. The molecule has 1 aliphatic rings. The SMILES string of the molecule is Cn1c2ccccc2c2c1[n+]1c(n2-c2ccccc2)-c2ccccc2C1. The van der Waals surface area contributed by atoms with Crippen molar-refractivity contribution in [2.45, 2.75) is 6.54 Å². The third-order valence-corrected chi connectivity index (χ3v) is 5.60. The number of hydrogen-bond acceptors (Lipinski definition) is 0. The van der Waals surface area contributed by atoms with Crippen molar-refractivity contribution in [3.63, 3.8) is 0 Å². The van der Waals surface area contributed by atoms with E-state index in [-0.39, 0.29) is 0 Å². The van der Waals surface area contributed by atoms with E-state index in [0.29, 0.717) is 0 Å². The third kappa shape index (κ3) is 1.60. The van der Waals surface area contributed by atoms with Crippen molar-refractivity contribution < 1.29 is 4.57 Å². The molecule has 0 saturated carbocycles. The largest absolute Gasteiger partial charge is 0.270 e. The van der Waals surface area contributed by atoms with Gasteiger partial charge in [0.15, 0.2) is 5.52 Å². The Balaban J connectivity index is 1.87. The summed E-state index contributed by atoms with van der Waals surface area (Å²) < 4.78 is 7.23. The maximum Gasteiger partial charge on any atom is 0.270 e. The number of benzene rings is 3. The molecule has 3 heterocycles. The lowest BCUT2D eigenvalue weighted by Crippen LogP contribution is -2.33. The highest BCUT2D eigenvalue weighted by Crippen LogP contribution is 2.37. The predicted molar refractivity (Wildman–Crippen MR) is 104 cm³/mol. The Labute approximate surface area is 151 Å². The Morgan fingerprint density at radius 3 is 2.42 bits per heavy atom. The van der Waals surface area contributed by atoms with E-state index in [1.54, 1.807) is 0 Å². The van der Waals surface area contributed by atoms with Crippen LogP contribution in [0.3, 0.4) is 0 Å². The summed E-state index contributed by atoms with van der Waals surface area (Å²) in [6.45, 7) is 0.923. The number of fused-ring (bicyclic) bond motifs is 7. The van der Waals surface area contributed by atoms with Gasteiger partial charge in [0, 0.05) is 5.56 Å². The van der Waals surface area contributed by atoms with Gasteiger partial charge in [0.25, 0.3) is 5.65 Å². The van der Waals surface area contributed by atoms with Crippen molar-refractivity contribution in [1.82, 2.24) is 9.13 Å². The molecule has 3 nitrogen and oxygen atoms in total. The number of nitrogens with zero attached hydrogens (tertiary/aromatic N) is 3. The molecule has 0 N–H and O–H groups in total. The Bertz CT molecular complexity index is 1310. The molecule has 0 saturated heterocycles.